The van der Waals surface area contributed by atoms with Crippen molar-refractivity contribution >= 4 is 18.5 Å². The standard InChI is InChI=1S/C11H13NO3.ClH/c1-7-6-8(2-3-10(7)13)9-4-5-15-11(14)12-9;/h2-3,6,9,13H,4-5H2,1H3,(H,12,14);1H/t9-;/m1./s1. The number of ether oxygens (including phenoxy) is 1. The number of rotatable bonds is 1. The van der Waals surface area contributed by atoms with Gasteiger partial charge < -0.3 is 15.2 Å². The minimum absolute atomic E-state index is 0. The van der Waals surface area contributed by atoms with Crippen LogP contribution in [0.2, 0.25) is 0 Å². The molecule has 16 heavy (non-hydrogen) atoms. The van der Waals surface area contributed by atoms with Gasteiger partial charge in [-0.1, -0.05) is 12.1 Å². The number of aryl methyl sites for hydroxylation is 1. The van der Waals surface area contributed by atoms with E-state index in [1.165, 1.54) is 0 Å². The number of carbonyl (C=O) groups excluding carboxylic acids is 1. The molecule has 1 aromatic rings. The van der Waals surface area contributed by atoms with E-state index in [1.54, 1.807) is 6.07 Å². The maximum Gasteiger partial charge on any atom is 0.407 e. The first kappa shape index (κ1) is 12.6. The van der Waals surface area contributed by atoms with Crippen LogP contribution in [0.15, 0.2) is 18.2 Å². The highest BCUT2D eigenvalue weighted by molar-refractivity contribution is 5.85. The molecule has 1 heterocycles. The van der Waals surface area contributed by atoms with Crippen molar-refractivity contribution in [3.8, 4) is 5.75 Å². The molecule has 1 aliphatic rings. The van der Waals surface area contributed by atoms with E-state index in [4.69, 9.17) is 4.74 Å². The molecule has 0 bridgehead atoms. The molecule has 1 saturated heterocycles. The molecular formula is C11H14ClNO3. The summed E-state index contributed by atoms with van der Waals surface area (Å²) in [4.78, 5) is 11.0. The Kier molecular flexibility index (Phi) is 4.01. The number of phenolic OH excluding ortho intramolecular Hbond substituents is 1. The Morgan fingerprint density at radius 2 is 2.25 bits per heavy atom. The van der Waals surface area contributed by atoms with Gasteiger partial charge in [0.1, 0.15) is 5.75 Å². The van der Waals surface area contributed by atoms with Gasteiger partial charge in [0.2, 0.25) is 0 Å². The van der Waals surface area contributed by atoms with E-state index >= 15 is 0 Å². The van der Waals surface area contributed by atoms with Crippen LogP contribution >= 0.6 is 12.4 Å². The van der Waals surface area contributed by atoms with Crippen molar-refractivity contribution in [1.29, 1.82) is 0 Å². The second-order valence-electron chi connectivity index (χ2n) is 3.67. The maximum atomic E-state index is 11.0. The number of phenols is 1. The number of hydrogen-bond donors (Lipinski definition) is 2. The van der Waals surface area contributed by atoms with Crippen LogP contribution in [0.4, 0.5) is 4.79 Å². The zero-order chi connectivity index (χ0) is 10.8. The predicted octanol–water partition coefficient (Wildman–Crippen LogP) is 2.29. The molecular weight excluding hydrogens is 230 g/mol. The second-order valence-corrected chi connectivity index (χ2v) is 3.67. The lowest BCUT2D eigenvalue weighted by Crippen LogP contribution is -2.35. The normalized spacial score (nSPS) is 19.3. The first-order valence-corrected chi connectivity index (χ1v) is 4.89. The van der Waals surface area contributed by atoms with E-state index in [0.29, 0.717) is 6.61 Å². The number of benzene rings is 1. The highest BCUT2D eigenvalue weighted by atomic mass is 35.5. The molecule has 1 aliphatic heterocycles. The summed E-state index contributed by atoms with van der Waals surface area (Å²) < 4.78 is 4.78. The zero-order valence-corrected chi connectivity index (χ0v) is 9.71. The fourth-order valence-corrected chi connectivity index (χ4v) is 1.67. The Labute approximate surface area is 100 Å². The molecule has 0 unspecified atom stereocenters. The molecule has 0 aliphatic carbocycles. The third-order valence-electron chi connectivity index (χ3n) is 2.55. The molecule has 0 radical (unpaired) electrons. The molecule has 0 spiro atoms. The smallest absolute Gasteiger partial charge is 0.407 e. The lowest BCUT2D eigenvalue weighted by Gasteiger charge is -2.24. The van der Waals surface area contributed by atoms with E-state index in [2.05, 4.69) is 5.32 Å². The highest BCUT2D eigenvalue weighted by Gasteiger charge is 2.20. The predicted molar refractivity (Wildman–Crippen MR) is 61.9 cm³/mol. The number of halogens is 1. The van der Waals surface area contributed by atoms with E-state index in [-0.39, 0.29) is 30.3 Å². The van der Waals surface area contributed by atoms with Gasteiger partial charge in [0.15, 0.2) is 0 Å². The van der Waals surface area contributed by atoms with Gasteiger partial charge in [0.05, 0.1) is 12.6 Å². The SMILES string of the molecule is Cc1cc([C@H]2CCOC(=O)N2)ccc1O.Cl. The lowest BCUT2D eigenvalue weighted by molar-refractivity contribution is 0.115. The van der Waals surface area contributed by atoms with E-state index in [9.17, 15) is 9.90 Å². The number of alkyl carbamates (subject to hydrolysis) is 1. The van der Waals surface area contributed by atoms with Crippen LogP contribution in [0.1, 0.15) is 23.6 Å². The summed E-state index contributed by atoms with van der Waals surface area (Å²) in [5.41, 5.74) is 1.81. The molecule has 2 N–H and O–H groups in total. The van der Waals surface area contributed by atoms with Crippen molar-refractivity contribution in [1.82, 2.24) is 5.32 Å². The molecule has 88 valence electrons. The third kappa shape index (κ3) is 2.58. The molecule has 0 aromatic heterocycles. The summed E-state index contributed by atoms with van der Waals surface area (Å²) in [5.74, 6) is 0.275. The number of cyclic esters (lactones) is 1. The largest absolute Gasteiger partial charge is 0.508 e. The number of aromatic hydroxyl groups is 1. The van der Waals surface area contributed by atoms with Gasteiger partial charge in [-0.3, -0.25) is 0 Å². The van der Waals surface area contributed by atoms with Crippen LogP contribution in [0.25, 0.3) is 0 Å². The van der Waals surface area contributed by atoms with E-state index in [0.717, 1.165) is 17.5 Å². The molecule has 4 nitrogen and oxygen atoms in total. The Balaban J connectivity index is 0.00000128. The first-order chi connectivity index (χ1) is 7.16. The number of amides is 1. The van der Waals surface area contributed by atoms with Gasteiger partial charge in [-0.15, -0.1) is 12.4 Å². The molecule has 1 aromatic carbocycles. The number of carbonyl (C=O) groups is 1. The van der Waals surface area contributed by atoms with Crippen LogP contribution in [0.3, 0.4) is 0 Å². The fourth-order valence-electron chi connectivity index (χ4n) is 1.67. The van der Waals surface area contributed by atoms with Crippen molar-refractivity contribution in [2.24, 2.45) is 0 Å². The summed E-state index contributed by atoms with van der Waals surface area (Å²) in [5, 5.41) is 12.1. The Morgan fingerprint density at radius 1 is 1.50 bits per heavy atom. The molecule has 1 atom stereocenters. The summed E-state index contributed by atoms with van der Waals surface area (Å²) in [6.07, 6.45) is 0.382. The number of nitrogens with one attached hydrogen (secondary N) is 1. The van der Waals surface area contributed by atoms with Crippen molar-refractivity contribution in [2.75, 3.05) is 6.61 Å². The summed E-state index contributed by atoms with van der Waals surface area (Å²) in [7, 11) is 0. The molecule has 1 fully saturated rings. The number of hydrogen-bond acceptors (Lipinski definition) is 3. The average molecular weight is 244 g/mol. The fraction of sp³-hybridized carbons (Fsp3) is 0.364. The highest BCUT2D eigenvalue weighted by Crippen LogP contribution is 2.24. The Morgan fingerprint density at radius 3 is 2.88 bits per heavy atom. The van der Waals surface area contributed by atoms with Crippen LogP contribution in [-0.2, 0) is 4.74 Å². The Bertz CT molecular complexity index is 395. The minimum atomic E-state index is -0.378. The van der Waals surface area contributed by atoms with E-state index in [1.807, 2.05) is 19.1 Å². The molecule has 0 saturated carbocycles. The van der Waals surface area contributed by atoms with Crippen LogP contribution in [-0.4, -0.2) is 17.8 Å². The van der Waals surface area contributed by atoms with Crippen molar-refractivity contribution in [2.45, 2.75) is 19.4 Å². The molecule has 5 heteroatoms. The van der Waals surface area contributed by atoms with Gasteiger partial charge in [0.25, 0.3) is 0 Å². The quantitative estimate of drug-likeness (QED) is 0.796. The minimum Gasteiger partial charge on any atom is -0.508 e. The maximum absolute atomic E-state index is 11.0. The summed E-state index contributed by atoms with van der Waals surface area (Å²) in [6.45, 7) is 2.27. The molecule has 2 rings (SSSR count). The summed E-state index contributed by atoms with van der Waals surface area (Å²) >= 11 is 0. The van der Waals surface area contributed by atoms with Gasteiger partial charge >= 0.3 is 6.09 Å². The van der Waals surface area contributed by atoms with Crippen LogP contribution < -0.4 is 5.32 Å². The lowest BCUT2D eigenvalue weighted by atomic mass is 10.0. The van der Waals surface area contributed by atoms with Crippen molar-refractivity contribution in [3.05, 3.63) is 29.3 Å². The van der Waals surface area contributed by atoms with Gasteiger partial charge in [-0.05, 0) is 24.1 Å². The first-order valence-electron chi connectivity index (χ1n) is 4.89. The van der Waals surface area contributed by atoms with Crippen LogP contribution in [0, 0.1) is 6.92 Å². The van der Waals surface area contributed by atoms with Crippen LogP contribution in [0.5, 0.6) is 5.75 Å². The third-order valence-corrected chi connectivity index (χ3v) is 2.55. The average Bonchev–Trinajstić information content (AvgIpc) is 2.22. The zero-order valence-electron chi connectivity index (χ0n) is 8.90. The van der Waals surface area contributed by atoms with Gasteiger partial charge in [0, 0.05) is 6.42 Å². The second kappa shape index (κ2) is 5.07. The van der Waals surface area contributed by atoms with Gasteiger partial charge in [-0.2, -0.15) is 0 Å². The summed E-state index contributed by atoms with van der Waals surface area (Å²) in [6, 6.07) is 5.33. The topological polar surface area (TPSA) is 58.6 Å². The van der Waals surface area contributed by atoms with Gasteiger partial charge in [-0.25, -0.2) is 4.79 Å². The van der Waals surface area contributed by atoms with Crippen molar-refractivity contribution < 1.29 is 14.6 Å². The Hall–Kier alpha value is -1.42. The monoisotopic (exact) mass is 243 g/mol. The van der Waals surface area contributed by atoms with E-state index < -0.39 is 0 Å². The van der Waals surface area contributed by atoms with Crippen molar-refractivity contribution in [3.63, 3.8) is 0 Å². The molecule has 1 amide bonds.